The van der Waals surface area contributed by atoms with Crippen LogP contribution in [0.3, 0.4) is 0 Å². The number of benzene rings is 2. The summed E-state index contributed by atoms with van der Waals surface area (Å²) in [5, 5.41) is 6.85. The Hall–Kier alpha value is -1.95. The van der Waals surface area contributed by atoms with Crippen LogP contribution in [0, 0.1) is 12.7 Å². The van der Waals surface area contributed by atoms with Crippen LogP contribution in [0.1, 0.15) is 17.2 Å². The Morgan fingerprint density at radius 2 is 2.16 bits per heavy atom. The molecule has 1 aliphatic rings. The van der Waals surface area contributed by atoms with Crippen LogP contribution >= 0.6 is 11.6 Å². The number of hydrogen-bond acceptors (Lipinski definition) is 3. The fourth-order valence-corrected chi connectivity index (χ4v) is 3.27. The lowest BCUT2D eigenvalue weighted by molar-refractivity contribution is -0.118. The minimum Gasteiger partial charge on any atom is -0.325 e. The van der Waals surface area contributed by atoms with Gasteiger partial charge in [0.15, 0.2) is 0 Å². The molecule has 0 aromatic heterocycles. The van der Waals surface area contributed by atoms with Crippen molar-refractivity contribution in [1.82, 2.24) is 10.2 Å². The molecule has 3 rings (SSSR count). The largest absolute Gasteiger partial charge is 0.325 e. The first-order chi connectivity index (χ1) is 12.0. The maximum absolute atomic E-state index is 13.6. The summed E-state index contributed by atoms with van der Waals surface area (Å²) in [5.74, 6) is -0.365. The average molecular weight is 362 g/mol. The van der Waals surface area contributed by atoms with Crippen LogP contribution in [0.15, 0.2) is 42.5 Å². The molecule has 1 heterocycles. The number of nitrogens with zero attached hydrogens (tertiary/aromatic N) is 1. The summed E-state index contributed by atoms with van der Waals surface area (Å²) in [6.07, 6.45) is 0. The van der Waals surface area contributed by atoms with Crippen LogP contribution in [0.4, 0.5) is 10.1 Å². The lowest BCUT2D eigenvalue weighted by Gasteiger charge is -2.36. The van der Waals surface area contributed by atoms with Gasteiger partial charge in [-0.15, -0.1) is 0 Å². The van der Waals surface area contributed by atoms with E-state index in [0.29, 0.717) is 11.6 Å². The minimum absolute atomic E-state index is 0.0318. The standard InChI is InChI=1S/C19H21ClFN3O/c1-13-16(20)6-3-7-17(13)23-19(25)12-24-9-8-22-11-18(24)14-4-2-5-15(21)10-14/h2-7,10,18,22H,8-9,11-12H2,1H3,(H,23,25). The molecule has 0 aliphatic carbocycles. The lowest BCUT2D eigenvalue weighted by Crippen LogP contribution is -2.48. The molecule has 0 spiro atoms. The van der Waals surface area contributed by atoms with E-state index in [2.05, 4.69) is 15.5 Å². The molecular weight excluding hydrogens is 341 g/mol. The van der Waals surface area contributed by atoms with Gasteiger partial charge in [-0.1, -0.05) is 29.8 Å². The number of hydrogen-bond donors (Lipinski definition) is 2. The van der Waals surface area contributed by atoms with Gasteiger partial charge in [0.05, 0.1) is 6.54 Å². The Bertz CT molecular complexity index is 768. The summed E-state index contributed by atoms with van der Waals surface area (Å²) in [4.78, 5) is 14.6. The van der Waals surface area contributed by atoms with E-state index in [0.717, 1.165) is 29.9 Å². The zero-order valence-corrected chi connectivity index (χ0v) is 14.8. The van der Waals surface area contributed by atoms with Crippen molar-refractivity contribution in [3.8, 4) is 0 Å². The Labute approximate surface area is 152 Å². The van der Waals surface area contributed by atoms with Crippen molar-refractivity contribution in [2.75, 3.05) is 31.5 Å². The first-order valence-electron chi connectivity index (χ1n) is 8.30. The van der Waals surface area contributed by atoms with E-state index in [1.165, 1.54) is 12.1 Å². The molecular formula is C19H21ClFN3O. The van der Waals surface area contributed by atoms with E-state index in [-0.39, 0.29) is 24.3 Å². The third kappa shape index (κ3) is 4.37. The fraction of sp³-hybridized carbons (Fsp3) is 0.316. The molecule has 1 saturated heterocycles. The van der Waals surface area contributed by atoms with Gasteiger partial charge < -0.3 is 10.6 Å². The van der Waals surface area contributed by atoms with E-state index < -0.39 is 0 Å². The summed E-state index contributed by atoms with van der Waals surface area (Å²) in [6.45, 7) is 4.33. The third-order valence-electron chi connectivity index (χ3n) is 4.48. The van der Waals surface area contributed by atoms with Crippen molar-refractivity contribution >= 4 is 23.2 Å². The summed E-state index contributed by atoms with van der Waals surface area (Å²) in [7, 11) is 0. The fourth-order valence-electron chi connectivity index (χ4n) is 3.10. The van der Waals surface area contributed by atoms with Gasteiger partial charge in [-0.25, -0.2) is 4.39 Å². The van der Waals surface area contributed by atoms with Gasteiger partial charge in [0.25, 0.3) is 0 Å². The molecule has 2 N–H and O–H groups in total. The van der Waals surface area contributed by atoms with E-state index in [4.69, 9.17) is 11.6 Å². The molecule has 132 valence electrons. The Kier molecular flexibility index (Phi) is 5.68. The third-order valence-corrected chi connectivity index (χ3v) is 4.89. The van der Waals surface area contributed by atoms with E-state index in [9.17, 15) is 9.18 Å². The summed E-state index contributed by atoms with van der Waals surface area (Å²) in [5.41, 5.74) is 2.44. The van der Waals surface area contributed by atoms with Crippen molar-refractivity contribution in [3.05, 3.63) is 64.4 Å². The molecule has 25 heavy (non-hydrogen) atoms. The summed E-state index contributed by atoms with van der Waals surface area (Å²) < 4.78 is 13.6. The average Bonchev–Trinajstić information content (AvgIpc) is 2.59. The second kappa shape index (κ2) is 7.95. The lowest BCUT2D eigenvalue weighted by atomic mass is 10.0. The van der Waals surface area contributed by atoms with Gasteiger partial charge in [-0.2, -0.15) is 0 Å². The normalized spacial score (nSPS) is 18.1. The number of nitrogens with one attached hydrogen (secondary N) is 2. The molecule has 0 bridgehead atoms. The van der Waals surface area contributed by atoms with Gasteiger partial charge in [0, 0.05) is 36.4 Å². The molecule has 1 amide bonds. The van der Waals surface area contributed by atoms with Crippen LogP contribution in [0.5, 0.6) is 0 Å². The maximum Gasteiger partial charge on any atom is 0.238 e. The summed E-state index contributed by atoms with van der Waals surface area (Å²) >= 11 is 6.10. The molecule has 4 nitrogen and oxygen atoms in total. The maximum atomic E-state index is 13.6. The molecule has 2 aromatic rings. The Morgan fingerprint density at radius 3 is 2.96 bits per heavy atom. The second-order valence-electron chi connectivity index (χ2n) is 6.21. The van der Waals surface area contributed by atoms with Crippen LogP contribution in [0.2, 0.25) is 5.02 Å². The van der Waals surface area contributed by atoms with Crippen LogP contribution in [-0.4, -0.2) is 37.0 Å². The molecule has 0 radical (unpaired) electrons. The van der Waals surface area contributed by atoms with Crippen molar-refractivity contribution < 1.29 is 9.18 Å². The highest BCUT2D eigenvalue weighted by atomic mass is 35.5. The number of amides is 1. The number of halogens is 2. The highest BCUT2D eigenvalue weighted by Gasteiger charge is 2.26. The monoisotopic (exact) mass is 361 g/mol. The highest BCUT2D eigenvalue weighted by Crippen LogP contribution is 2.25. The SMILES string of the molecule is Cc1c(Cl)cccc1NC(=O)CN1CCNCC1c1cccc(F)c1. The van der Waals surface area contributed by atoms with Crippen molar-refractivity contribution in [3.63, 3.8) is 0 Å². The number of rotatable bonds is 4. The minimum atomic E-state index is -0.262. The molecule has 1 unspecified atom stereocenters. The van der Waals surface area contributed by atoms with Gasteiger partial charge in [0.2, 0.25) is 5.91 Å². The Balaban J connectivity index is 1.71. The first-order valence-corrected chi connectivity index (χ1v) is 8.67. The Morgan fingerprint density at radius 1 is 1.36 bits per heavy atom. The van der Waals surface area contributed by atoms with Crippen LogP contribution in [-0.2, 0) is 4.79 Å². The molecule has 0 saturated carbocycles. The van der Waals surface area contributed by atoms with E-state index in [1.54, 1.807) is 12.1 Å². The van der Waals surface area contributed by atoms with Gasteiger partial charge in [0.1, 0.15) is 5.82 Å². The molecule has 2 aromatic carbocycles. The van der Waals surface area contributed by atoms with Crippen molar-refractivity contribution in [2.24, 2.45) is 0 Å². The smallest absolute Gasteiger partial charge is 0.238 e. The molecule has 1 atom stereocenters. The number of piperazine rings is 1. The zero-order valence-electron chi connectivity index (χ0n) is 14.1. The number of carbonyl (C=O) groups is 1. The predicted octanol–water partition coefficient (Wildman–Crippen LogP) is 3.37. The van der Waals surface area contributed by atoms with Gasteiger partial charge in [-0.05, 0) is 42.3 Å². The molecule has 1 aliphatic heterocycles. The van der Waals surface area contributed by atoms with Gasteiger partial charge in [-0.3, -0.25) is 9.69 Å². The summed E-state index contributed by atoms with van der Waals surface area (Å²) in [6, 6.07) is 12.0. The zero-order chi connectivity index (χ0) is 17.8. The first kappa shape index (κ1) is 17.9. The molecule has 1 fully saturated rings. The van der Waals surface area contributed by atoms with Crippen molar-refractivity contribution in [1.29, 1.82) is 0 Å². The second-order valence-corrected chi connectivity index (χ2v) is 6.61. The van der Waals surface area contributed by atoms with Crippen LogP contribution < -0.4 is 10.6 Å². The van der Waals surface area contributed by atoms with Crippen molar-refractivity contribution in [2.45, 2.75) is 13.0 Å². The topological polar surface area (TPSA) is 44.4 Å². The number of anilines is 1. The van der Waals surface area contributed by atoms with E-state index >= 15 is 0 Å². The quantitative estimate of drug-likeness (QED) is 0.877. The van der Waals surface area contributed by atoms with E-state index in [1.807, 2.05) is 25.1 Å². The predicted molar refractivity (Wildman–Crippen MR) is 98.4 cm³/mol. The number of carbonyl (C=O) groups excluding carboxylic acids is 1. The molecule has 6 heteroatoms. The van der Waals surface area contributed by atoms with Crippen LogP contribution in [0.25, 0.3) is 0 Å². The van der Waals surface area contributed by atoms with Gasteiger partial charge >= 0.3 is 0 Å². The highest BCUT2D eigenvalue weighted by molar-refractivity contribution is 6.31.